The minimum atomic E-state index is 0.418. The highest BCUT2D eigenvalue weighted by Gasteiger charge is 2.10. The molecule has 2 rings (SSSR count). The van der Waals surface area contributed by atoms with Gasteiger partial charge in [0.2, 0.25) is 0 Å². The number of benzene rings is 1. The molecule has 1 fully saturated rings. The van der Waals surface area contributed by atoms with Crippen LogP contribution in [0.25, 0.3) is 0 Å². The van der Waals surface area contributed by atoms with Gasteiger partial charge in [-0.3, -0.25) is 4.90 Å². The Bertz CT molecular complexity index is 464. The molecule has 1 aromatic carbocycles. The molecule has 0 amide bonds. The zero-order valence-corrected chi connectivity index (χ0v) is 13.8. The number of nitrogens with two attached hydrogens (primary N) is 1. The number of thiocarbonyl (C=S) groups is 1. The summed E-state index contributed by atoms with van der Waals surface area (Å²) in [5.41, 5.74) is 7.65. The minimum Gasteiger partial charge on any atom is -0.389 e. The first-order chi connectivity index (χ1) is 9.66. The lowest BCUT2D eigenvalue weighted by Gasteiger charge is -2.26. The van der Waals surface area contributed by atoms with Crippen molar-refractivity contribution in [3.63, 3.8) is 0 Å². The van der Waals surface area contributed by atoms with E-state index >= 15 is 0 Å². The van der Waals surface area contributed by atoms with Crippen LogP contribution >= 0.6 is 28.1 Å². The lowest BCUT2D eigenvalue weighted by atomic mass is 10.1. The Morgan fingerprint density at radius 2 is 2.15 bits per heavy atom. The van der Waals surface area contributed by atoms with Gasteiger partial charge in [0.25, 0.3) is 0 Å². The minimum absolute atomic E-state index is 0.418. The SMILES string of the molecule is NC(=S)c1cc(Br)ccc1NCCCN1CCOCC1. The van der Waals surface area contributed by atoms with Crippen LogP contribution < -0.4 is 11.1 Å². The van der Waals surface area contributed by atoms with E-state index in [9.17, 15) is 0 Å². The van der Waals surface area contributed by atoms with Gasteiger partial charge < -0.3 is 15.8 Å². The van der Waals surface area contributed by atoms with Crippen molar-refractivity contribution < 1.29 is 4.74 Å². The van der Waals surface area contributed by atoms with E-state index in [0.717, 1.165) is 61.5 Å². The van der Waals surface area contributed by atoms with Gasteiger partial charge in [0.15, 0.2) is 0 Å². The second-order valence-electron chi connectivity index (χ2n) is 4.79. The van der Waals surface area contributed by atoms with E-state index in [4.69, 9.17) is 22.7 Å². The number of morpholine rings is 1. The van der Waals surface area contributed by atoms with Crippen LogP contribution in [0.15, 0.2) is 22.7 Å². The summed E-state index contributed by atoms with van der Waals surface area (Å²) in [5.74, 6) is 0. The highest BCUT2D eigenvalue weighted by molar-refractivity contribution is 9.10. The molecule has 1 aromatic rings. The Morgan fingerprint density at radius 1 is 1.40 bits per heavy atom. The molecule has 1 saturated heterocycles. The molecule has 6 heteroatoms. The number of hydrogen-bond acceptors (Lipinski definition) is 4. The number of hydrogen-bond donors (Lipinski definition) is 2. The average Bonchev–Trinajstić information content (AvgIpc) is 2.45. The van der Waals surface area contributed by atoms with Gasteiger partial charge in [-0.15, -0.1) is 0 Å². The van der Waals surface area contributed by atoms with Gasteiger partial charge in [0.1, 0.15) is 4.99 Å². The zero-order valence-electron chi connectivity index (χ0n) is 11.4. The van der Waals surface area contributed by atoms with Gasteiger partial charge in [-0.05, 0) is 31.2 Å². The lowest BCUT2D eigenvalue weighted by molar-refractivity contribution is 0.0378. The van der Waals surface area contributed by atoms with Crippen LogP contribution in [-0.4, -0.2) is 49.3 Å². The van der Waals surface area contributed by atoms with Gasteiger partial charge in [-0.1, -0.05) is 28.1 Å². The Balaban J connectivity index is 1.80. The third-order valence-electron chi connectivity index (χ3n) is 3.32. The lowest BCUT2D eigenvalue weighted by Crippen LogP contribution is -2.37. The standard InChI is InChI=1S/C14H20BrN3OS/c15-11-2-3-13(12(10-11)14(16)20)17-4-1-5-18-6-8-19-9-7-18/h2-3,10,17H,1,4-9H2,(H2,16,20). The van der Waals surface area contributed by atoms with Gasteiger partial charge in [0.05, 0.1) is 13.2 Å². The predicted octanol–water partition coefficient (Wildman–Crippen LogP) is 2.22. The van der Waals surface area contributed by atoms with E-state index in [2.05, 4.69) is 26.1 Å². The molecule has 0 aliphatic carbocycles. The summed E-state index contributed by atoms with van der Waals surface area (Å²) in [6, 6.07) is 5.95. The van der Waals surface area contributed by atoms with Gasteiger partial charge in [0, 0.05) is 35.4 Å². The van der Waals surface area contributed by atoms with Gasteiger partial charge in [-0.2, -0.15) is 0 Å². The Morgan fingerprint density at radius 3 is 2.85 bits per heavy atom. The van der Waals surface area contributed by atoms with Crippen molar-refractivity contribution in [2.75, 3.05) is 44.7 Å². The summed E-state index contributed by atoms with van der Waals surface area (Å²) in [7, 11) is 0. The van der Waals surface area contributed by atoms with Crippen molar-refractivity contribution in [3.05, 3.63) is 28.2 Å². The Labute approximate surface area is 133 Å². The average molecular weight is 358 g/mol. The number of anilines is 1. The first-order valence-electron chi connectivity index (χ1n) is 6.80. The fourth-order valence-electron chi connectivity index (χ4n) is 2.22. The quantitative estimate of drug-likeness (QED) is 0.603. The van der Waals surface area contributed by atoms with Crippen LogP contribution in [0.1, 0.15) is 12.0 Å². The molecule has 0 saturated carbocycles. The molecule has 0 radical (unpaired) electrons. The molecule has 0 atom stereocenters. The van der Waals surface area contributed by atoms with Crippen LogP contribution in [0, 0.1) is 0 Å². The van der Waals surface area contributed by atoms with Crippen LogP contribution in [0.4, 0.5) is 5.69 Å². The van der Waals surface area contributed by atoms with Crippen molar-refractivity contribution >= 4 is 38.8 Å². The number of nitrogens with zero attached hydrogens (tertiary/aromatic N) is 1. The third-order valence-corrected chi connectivity index (χ3v) is 4.03. The van der Waals surface area contributed by atoms with E-state index in [1.54, 1.807) is 0 Å². The van der Waals surface area contributed by atoms with Crippen molar-refractivity contribution in [3.8, 4) is 0 Å². The van der Waals surface area contributed by atoms with Crippen LogP contribution in [-0.2, 0) is 4.74 Å². The monoisotopic (exact) mass is 357 g/mol. The first kappa shape index (κ1) is 15.7. The molecule has 0 bridgehead atoms. The number of nitrogens with one attached hydrogen (secondary N) is 1. The molecule has 3 N–H and O–H groups in total. The molecule has 1 aliphatic heterocycles. The number of halogens is 1. The van der Waals surface area contributed by atoms with Crippen molar-refractivity contribution in [1.29, 1.82) is 0 Å². The third kappa shape index (κ3) is 4.70. The second-order valence-corrected chi connectivity index (χ2v) is 6.14. The maximum absolute atomic E-state index is 5.75. The van der Waals surface area contributed by atoms with Crippen molar-refractivity contribution in [2.45, 2.75) is 6.42 Å². The van der Waals surface area contributed by atoms with E-state index in [1.807, 2.05) is 18.2 Å². The fraction of sp³-hybridized carbons (Fsp3) is 0.500. The van der Waals surface area contributed by atoms with E-state index in [1.165, 1.54) is 0 Å². The van der Waals surface area contributed by atoms with E-state index < -0.39 is 0 Å². The molecule has 0 spiro atoms. The number of ether oxygens (including phenoxy) is 1. The second kappa shape index (κ2) is 7.93. The summed E-state index contributed by atoms with van der Waals surface area (Å²) >= 11 is 8.52. The summed E-state index contributed by atoms with van der Waals surface area (Å²) in [5, 5.41) is 3.42. The normalized spacial score (nSPS) is 16.1. The van der Waals surface area contributed by atoms with Crippen LogP contribution in [0.2, 0.25) is 0 Å². The highest BCUT2D eigenvalue weighted by atomic mass is 79.9. The molecule has 0 unspecified atom stereocenters. The van der Waals surface area contributed by atoms with Crippen molar-refractivity contribution in [2.24, 2.45) is 5.73 Å². The Kier molecular flexibility index (Phi) is 6.22. The summed E-state index contributed by atoms with van der Waals surface area (Å²) < 4.78 is 6.32. The van der Waals surface area contributed by atoms with E-state index in [0.29, 0.717) is 4.99 Å². The summed E-state index contributed by atoms with van der Waals surface area (Å²) in [4.78, 5) is 2.85. The first-order valence-corrected chi connectivity index (χ1v) is 8.00. The topological polar surface area (TPSA) is 50.5 Å². The van der Waals surface area contributed by atoms with Crippen LogP contribution in [0.5, 0.6) is 0 Å². The molecule has 0 aromatic heterocycles. The van der Waals surface area contributed by atoms with Gasteiger partial charge >= 0.3 is 0 Å². The molecular formula is C14H20BrN3OS. The predicted molar refractivity (Wildman–Crippen MR) is 90.4 cm³/mol. The zero-order chi connectivity index (χ0) is 14.4. The summed E-state index contributed by atoms with van der Waals surface area (Å²) in [6.45, 7) is 5.79. The molecule has 110 valence electrons. The molecule has 20 heavy (non-hydrogen) atoms. The molecule has 1 aliphatic rings. The molecule has 1 heterocycles. The van der Waals surface area contributed by atoms with E-state index in [-0.39, 0.29) is 0 Å². The summed E-state index contributed by atoms with van der Waals surface area (Å²) in [6.07, 6.45) is 1.09. The highest BCUT2D eigenvalue weighted by Crippen LogP contribution is 2.21. The molecule has 4 nitrogen and oxygen atoms in total. The smallest absolute Gasteiger partial charge is 0.106 e. The maximum Gasteiger partial charge on any atom is 0.106 e. The largest absolute Gasteiger partial charge is 0.389 e. The Hall–Kier alpha value is -0.690. The van der Waals surface area contributed by atoms with Crippen molar-refractivity contribution in [1.82, 2.24) is 4.90 Å². The number of rotatable bonds is 6. The molecular weight excluding hydrogens is 338 g/mol. The van der Waals surface area contributed by atoms with Crippen LogP contribution in [0.3, 0.4) is 0 Å². The maximum atomic E-state index is 5.75. The van der Waals surface area contributed by atoms with Gasteiger partial charge in [-0.25, -0.2) is 0 Å². The fourth-order valence-corrected chi connectivity index (χ4v) is 2.75.